The van der Waals surface area contributed by atoms with Gasteiger partial charge in [0.05, 0.1) is 32.0 Å². The number of imidazole rings is 2. The van der Waals surface area contributed by atoms with Crippen molar-refractivity contribution in [1.82, 2.24) is 44.1 Å². The SMILES string of the molecule is CO[C@@H]1C(CNP(=O)(O)OC[C@H]2O[C@@H](n3cnc4c(=O)[nH]c(N)nc43)[C@H](O)[C@@H]2O)C(COP(=O)(O)OP(=O)(O)OP(=O)(O)O)O[C@H]1n1cnc2c(N)ncnc21. The lowest BCUT2D eigenvalue weighted by Crippen LogP contribution is -2.38. The van der Waals surface area contributed by atoms with Crippen LogP contribution in [0.5, 0.6) is 0 Å². The predicted octanol–water partition coefficient (Wildman–Crippen LogP) is -2.68. The van der Waals surface area contributed by atoms with Gasteiger partial charge in [0.1, 0.15) is 36.3 Å². The van der Waals surface area contributed by atoms with Gasteiger partial charge in [-0.1, -0.05) is 0 Å². The van der Waals surface area contributed by atoms with Gasteiger partial charge in [0.25, 0.3) is 5.56 Å². The van der Waals surface area contributed by atoms with Crippen molar-refractivity contribution in [3.8, 4) is 0 Å². The van der Waals surface area contributed by atoms with Crippen LogP contribution in [0.2, 0.25) is 0 Å². The van der Waals surface area contributed by atoms with Crippen LogP contribution in [0.3, 0.4) is 0 Å². The molecule has 0 aliphatic carbocycles. The molecule has 2 fully saturated rings. The van der Waals surface area contributed by atoms with E-state index in [0.717, 1.165) is 17.2 Å². The topological polar surface area (TPSA) is 446 Å². The third-order valence-corrected chi connectivity index (χ3v) is 13.1. The fourth-order valence-electron chi connectivity index (χ4n) is 5.90. The van der Waals surface area contributed by atoms with Crippen LogP contribution in [0.1, 0.15) is 12.5 Å². The monoisotopic (exact) mass is 879 g/mol. The van der Waals surface area contributed by atoms with Crippen molar-refractivity contribution in [2.75, 3.05) is 38.3 Å². The molecular weight excluding hydrogens is 846 g/mol. The molecule has 0 spiro atoms. The summed E-state index contributed by atoms with van der Waals surface area (Å²) in [5.41, 5.74) is 10.8. The van der Waals surface area contributed by atoms with Gasteiger partial charge in [-0.05, 0) is 0 Å². The fraction of sp³-hybridized carbons (Fsp3) is 0.545. The van der Waals surface area contributed by atoms with E-state index in [1.54, 1.807) is 0 Å². The van der Waals surface area contributed by atoms with Crippen molar-refractivity contribution in [2.24, 2.45) is 5.92 Å². The molecule has 0 bridgehead atoms. The second-order valence-corrected chi connectivity index (χ2v) is 17.9. The van der Waals surface area contributed by atoms with Gasteiger partial charge in [-0.15, -0.1) is 0 Å². The van der Waals surface area contributed by atoms with Crippen LogP contribution in [0.4, 0.5) is 11.8 Å². The summed E-state index contributed by atoms with van der Waals surface area (Å²) in [5.74, 6) is -1.42. The van der Waals surface area contributed by atoms with Crippen LogP contribution in [-0.4, -0.2) is 131 Å². The van der Waals surface area contributed by atoms with E-state index in [0.29, 0.717) is 0 Å². The highest BCUT2D eigenvalue weighted by atomic mass is 31.3. The lowest BCUT2D eigenvalue weighted by Gasteiger charge is -2.25. The number of methoxy groups -OCH3 is 1. The molecule has 6 heterocycles. The van der Waals surface area contributed by atoms with Crippen molar-refractivity contribution in [1.29, 1.82) is 0 Å². The third kappa shape index (κ3) is 9.24. The van der Waals surface area contributed by atoms with E-state index >= 15 is 0 Å². The van der Waals surface area contributed by atoms with Crippen molar-refractivity contribution in [2.45, 2.75) is 43.0 Å². The molecule has 11 atom stereocenters. The van der Waals surface area contributed by atoms with Gasteiger partial charge in [0.2, 0.25) is 5.95 Å². The maximum absolute atomic E-state index is 13.2. The van der Waals surface area contributed by atoms with E-state index in [4.69, 9.17) is 44.5 Å². The van der Waals surface area contributed by atoms with Crippen LogP contribution < -0.4 is 22.1 Å². The average Bonchev–Trinajstić information content (AvgIpc) is 3.84. The van der Waals surface area contributed by atoms with Gasteiger partial charge in [0, 0.05) is 19.6 Å². The molecule has 0 amide bonds. The molecule has 2 aliphatic rings. The highest BCUT2D eigenvalue weighted by Gasteiger charge is 2.50. The van der Waals surface area contributed by atoms with E-state index in [2.05, 4.69) is 43.6 Å². The van der Waals surface area contributed by atoms with E-state index in [-0.39, 0.29) is 34.1 Å². The van der Waals surface area contributed by atoms with Gasteiger partial charge >= 0.3 is 31.2 Å². The molecule has 4 aromatic rings. The Kier molecular flexibility index (Phi) is 12.0. The maximum Gasteiger partial charge on any atom is 0.490 e. The number of hydrogen-bond acceptors (Lipinski definition) is 21. The molecule has 0 saturated carbocycles. The molecular formula is C22H33N11O19P4. The number of nitrogens with two attached hydrogens (primary N) is 2. The lowest BCUT2D eigenvalue weighted by molar-refractivity contribution is -0.0577. The summed E-state index contributed by atoms with van der Waals surface area (Å²) in [6.07, 6.45) is -6.50. The van der Waals surface area contributed by atoms with Crippen LogP contribution in [-0.2, 0) is 50.1 Å². The molecule has 34 heteroatoms. The lowest BCUT2D eigenvalue weighted by atomic mass is 9.98. The highest BCUT2D eigenvalue weighted by molar-refractivity contribution is 7.66. The van der Waals surface area contributed by atoms with Crippen LogP contribution in [0.15, 0.2) is 23.8 Å². The third-order valence-electron chi connectivity index (χ3n) is 8.25. The van der Waals surface area contributed by atoms with Crippen LogP contribution >= 0.6 is 31.2 Å². The van der Waals surface area contributed by atoms with Gasteiger partial charge < -0.3 is 60.4 Å². The first-order valence-electron chi connectivity index (χ1n) is 15.4. The quantitative estimate of drug-likeness (QED) is 0.0511. The van der Waals surface area contributed by atoms with E-state index in [1.165, 1.54) is 18.0 Å². The summed E-state index contributed by atoms with van der Waals surface area (Å²) in [4.78, 5) is 82.4. The zero-order valence-corrected chi connectivity index (χ0v) is 31.7. The number of H-pyrrole nitrogens is 1. The zero-order chi connectivity index (χ0) is 41.0. The van der Waals surface area contributed by atoms with Crippen molar-refractivity contribution >= 4 is 65.3 Å². The number of rotatable bonds is 16. The number of phosphoric ester groups is 1. The van der Waals surface area contributed by atoms with Gasteiger partial charge in [0.15, 0.2) is 35.1 Å². The Labute approximate surface area is 310 Å². The van der Waals surface area contributed by atoms with E-state index in [1.807, 2.05) is 0 Å². The Hall–Kier alpha value is -3.18. The minimum absolute atomic E-state index is 0.00769. The molecule has 2 saturated heterocycles. The Morgan fingerprint density at radius 2 is 1.48 bits per heavy atom. The minimum Gasteiger partial charge on any atom is -0.387 e. The molecule has 4 aromatic heterocycles. The standard InChI is InChI=1S/C22H33N11O19P4/c1-46-15-8(2-29-53(37,38)47-4-10-13(34)14(35)20(50-10)33-7-28-12-18(33)30-22(24)31-19(12)36)9(3-48-55(42,43)52-56(44,45)51-54(39,40)41)49-21(15)32-6-27-11-16(23)25-5-26-17(11)32/h5-10,13-15,20-21,34-35H,2-4H2,1H3,(H,42,43)(H,44,45)(H2,23,25,26)(H2,29,37,38)(H2,39,40,41)(H3,24,30,31,36)/t8?,9?,10-,13-,14-,15-,20-,21-/m1/s1. The van der Waals surface area contributed by atoms with Gasteiger partial charge in [-0.25, -0.2) is 43.3 Å². The molecule has 56 heavy (non-hydrogen) atoms. The largest absolute Gasteiger partial charge is 0.490 e. The summed E-state index contributed by atoms with van der Waals surface area (Å²) in [5, 5.41) is 23.7. The van der Waals surface area contributed by atoms with E-state index in [9.17, 15) is 47.9 Å². The zero-order valence-electron chi connectivity index (χ0n) is 28.1. The average molecular weight is 879 g/mol. The second-order valence-electron chi connectivity index (χ2n) is 11.9. The number of aromatic amines is 1. The fourth-order valence-corrected chi connectivity index (χ4v) is 9.81. The first kappa shape index (κ1) is 42.4. The molecule has 2 aliphatic heterocycles. The Morgan fingerprint density at radius 3 is 2.16 bits per heavy atom. The number of aromatic nitrogens is 8. The number of anilines is 2. The molecule has 5 unspecified atom stereocenters. The summed E-state index contributed by atoms with van der Waals surface area (Å²) in [6.45, 7) is -2.37. The van der Waals surface area contributed by atoms with Crippen molar-refractivity contribution < 1.29 is 84.8 Å². The van der Waals surface area contributed by atoms with Crippen LogP contribution in [0.25, 0.3) is 22.3 Å². The molecule has 0 aromatic carbocycles. The number of fused-ring (bicyclic) bond motifs is 2. The number of nitrogen functional groups attached to an aromatic ring is 2. The Morgan fingerprint density at radius 1 is 0.839 bits per heavy atom. The first-order chi connectivity index (χ1) is 26.1. The number of nitrogens with one attached hydrogen (secondary N) is 2. The number of aliphatic hydroxyl groups is 2. The molecule has 6 rings (SSSR count). The summed E-state index contributed by atoms with van der Waals surface area (Å²) in [7, 11) is -20.9. The molecule has 30 nitrogen and oxygen atoms in total. The number of aliphatic hydroxyl groups excluding tert-OH is 2. The van der Waals surface area contributed by atoms with Crippen molar-refractivity contribution in [3.05, 3.63) is 29.3 Å². The summed E-state index contributed by atoms with van der Waals surface area (Å²) < 4.78 is 85.8. The summed E-state index contributed by atoms with van der Waals surface area (Å²) in [6, 6.07) is 0. The predicted molar refractivity (Wildman–Crippen MR) is 180 cm³/mol. The number of hydrogen-bond donors (Lipinski definition) is 11. The molecule has 13 N–H and O–H groups in total. The molecule has 310 valence electrons. The Bertz CT molecular complexity index is 2340. The molecule has 0 radical (unpaired) electrons. The van der Waals surface area contributed by atoms with Crippen LogP contribution in [0, 0.1) is 5.92 Å². The Balaban J connectivity index is 1.17. The number of ether oxygens (including phenoxy) is 3. The maximum atomic E-state index is 13.2. The normalized spacial score (nSPS) is 29.1. The minimum atomic E-state index is -5.88. The number of nitrogens with zero attached hydrogens (tertiary/aromatic N) is 7. The second kappa shape index (κ2) is 15.9. The first-order valence-corrected chi connectivity index (χ1v) is 21.5. The smallest absolute Gasteiger partial charge is 0.387 e. The van der Waals surface area contributed by atoms with Gasteiger partial charge in [-0.3, -0.25) is 28.0 Å². The van der Waals surface area contributed by atoms with E-state index < -0.39 is 105 Å². The summed E-state index contributed by atoms with van der Waals surface area (Å²) >= 11 is 0. The van der Waals surface area contributed by atoms with Gasteiger partial charge in [-0.2, -0.15) is 13.6 Å². The highest BCUT2D eigenvalue weighted by Crippen LogP contribution is 2.66. The van der Waals surface area contributed by atoms with Crippen molar-refractivity contribution in [3.63, 3.8) is 0 Å². The number of phosphoric acid groups is 3.